The molecule has 96 valence electrons. The summed E-state index contributed by atoms with van der Waals surface area (Å²) in [6.45, 7) is 3.80. The van der Waals surface area contributed by atoms with Crippen LogP contribution in [0.1, 0.15) is 6.92 Å². The van der Waals surface area contributed by atoms with Gasteiger partial charge in [-0.05, 0) is 0 Å². The van der Waals surface area contributed by atoms with Crippen LogP contribution in [-0.2, 0) is 14.3 Å². The normalized spacial score (nSPS) is 26.9. The van der Waals surface area contributed by atoms with E-state index in [2.05, 4.69) is 6.30 Å². The van der Waals surface area contributed by atoms with Crippen LogP contribution in [0.25, 0.3) is 0 Å². The molecule has 0 aliphatic carbocycles. The van der Waals surface area contributed by atoms with E-state index in [4.69, 9.17) is 4.74 Å². The van der Waals surface area contributed by atoms with E-state index in [1.54, 1.807) is 6.92 Å². The van der Waals surface area contributed by atoms with Gasteiger partial charge in [-0.2, -0.15) is 0 Å². The third-order valence-corrected chi connectivity index (χ3v) is 3.94. The molecule has 1 heterocycles. The largest absolute Gasteiger partial charge is 0.467 e. The van der Waals surface area contributed by atoms with E-state index in [1.807, 2.05) is 6.66 Å². The molecule has 0 bridgehead atoms. The molecule has 0 saturated carbocycles. The van der Waals surface area contributed by atoms with Gasteiger partial charge in [0.05, 0.1) is 39.6 Å². The molecule has 5 nitrogen and oxygen atoms in total. The molecule has 1 rings (SSSR count). The minimum Gasteiger partial charge on any atom is -0.467 e. The number of nitrogens with zero attached hydrogens (tertiary/aromatic N) is 1. The van der Waals surface area contributed by atoms with Crippen molar-refractivity contribution in [2.24, 2.45) is 5.92 Å². The number of β-amino-alcohol motifs (C(OH)–C–C–N with tert-alkyl or cyclic N) is 1. The summed E-state index contributed by atoms with van der Waals surface area (Å²) in [7, 11) is 0.734. The lowest BCUT2D eigenvalue weighted by Crippen LogP contribution is -2.45. The number of rotatable bonds is 4. The van der Waals surface area contributed by atoms with Gasteiger partial charge in [-0.25, -0.2) is 4.79 Å². The Morgan fingerprint density at radius 2 is 2.35 bits per heavy atom. The van der Waals surface area contributed by atoms with Crippen LogP contribution in [0.5, 0.6) is 0 Å². The predicted molar refractivity (Wildman–Crippen MR) is 67.5 cm³/mol. The number of hydrogen-bond donors (Lipinski definition) is 1. The average Bonchev–Trinajstić information content (AvgIpc) is 2.52. The van der Waals surface area contributed by atoms with Gasteiger partial charge in [0.15, 0.2) is 6.04 Å². The van der Waals surface area contributed by atoms with E-state index in [1.165, 1.54) is 12.0 Å². The van der Waals surface area contributed by atoms with Crippen molar-refractivity contribution in [1.29, 1.82) is 0 Å². The second-order valence-corrected chi connectivity index (χ2v) is 6.50. The highest BCUT2D eigenvalue weighted by Gasteiger charge is 2.43. The molecule has 4 unspecified atom stereocenters. The van der Waals surface area contributed by atoms with Crippen molar-refractivity contribution in [3.8, 4) is 0 Å². The number of likely N-dealkylation sites (tertiary alicyclic amines) is 1. The molecule has 0 aromatic rings. The first-order valence-electron chi connectivity index (χ1n) is 5.46. The molecular formula is C11H19NO4P+. The zero-order valence-corrected chi connectivity index (χ0v) is 11.3. The zero-order chi connectivity index (χ0) is 13.2. The van der Waals surface area contributed by atoms with Crippen molar-refractivity contribution >= 4 is 25.7 Å². The van der Waals surface area contributed by atoms with Gasteiger partial charge < -0.3 is 14.7 Å². The average molecular weight is 260 g/mol. The second kappa shape index (κ2) is 5.61. The van der Waals surface area contributed by atoms with Crippen LogP contribution < -0.4 is 0 Å². The Morgan fingerprint density at radius 1 is 1.76 bits per heavy atom. The molecule has 0 aromatic carbocycles. The summed E-state index contributed by atoms with van der Waals surface area (Å²) >= 11 is 0. The van der Waals surface area contributed by atoms with Gasteiger partial charge in [0.25, 0.3) is 0 Å². The summed E-state index contributed by atoms with van der Waals surface area (Å²) in [5.74, 6) is -1.07. The lowest BCUT2D eigenvalue weighted by molar-refractivity contribution is -0.150. The van der Waals surface area contributed by atoms with E-state index in [0.717, 1.165) is 0 Å². The fourth-order valence-corrected chi connectivity index (χ4v) is 2.82. The Bertz CT molecular complexity index is 344. The number of carbonyl (C=O) groups excluding carboxylic acids is 2. The third-order valence-electron chi connectivity index (χ3n) is 2.97. The summed E-state index contributed by atoms with van der Waals surface area (Å²) in [5, 5.41) is 9.65. The van der Waals surface area contributed by atoms with Gasteiger partial charge >= 0.3 is 5.97 Å². The Morgan fingerprint density at radius 3 is 2.71 bits per heavy atom. The molecule has 0 aromatic heterocycles. The Balaban J connectivity index is 2.87. The first kappa shape index (κ1) is 14.1. The quantitative estimate of drug-likeness (QED) is 0.566. The van der Waals surface area contributed by atoms with Crippen molar-refractivity contribution in [3.63, 3.8) is 0 Å². The number of carbonyl (C=O) groups is 2. The molecule has 1 amide bonds. The summed E-state index contributed by atoms with van der Waals surface area (Å²) in [6.07, 6.45) is 3.69. The predicted octanol–water partition coefficient (Wildman–Crippen LogP) is -0.0891. The van der Waals surface area contributed by atoms with E-state index in [0.29, 0.717) is 6.16 Å². The Hall–Kier alpha value is -0.930. The SMILES string of the molecule is C=[P+](C)CC(C(=O)OC)N1CC(O)C(C)C1=O. The van der Waals surface area contributed by atoms with Crippen LogP contribution in [0.2, 0.25) is 0 Å². The topological polar surface area (TPSA) is 66.8 Å². The van der Waals surface area contributed by atoms with Crippen molar-refractivity contribution in [2.45, 2.75) is 19.1 Å². The van der Waals surface area contributed by atoms with Gasteiger partial charge in [0.1, 0.15) is 6.16 Å². The van der Waals surface area contributed by atoms with Crippen LogP contribution in [0, 0.1) is 5.92 Å². The van der Waals surface area contributed by atoms with E-state index < -0.39 is 31.6 Å². The number of aliphatic hydroxyl groups is 1. The molecule has 1 N–H and O–H groups in total. The highest BCUT2D eigenvalue weighted by molar-refractivity contribution is 7.55. The van der Waals surface area contributed by atoms with Crippen molar-refractivity contribution < 1.29 is 19.4 Å². The molecule has 1 aliphatic heterocycles. The van der Waals surface area contributed by atoms with Gasteiger partial charge in [0, 0.05) is 6.54 Å². The maximum Gasteiger partial charge on any atom is 0.332 e. The van der Waals surface area contributed by atoms with Crippen LogP contribution >= 0.6 is 7.55 Å². The first-order chi connectivity index (χ1) is 7.88. The molecule has 0 radical (unpaired) electrons. The molecule has 17 heavy (non-hydrogen) atoms. The van der Waals surface area contributed by atoms with Crippen LogP contribution in [0.15, 0.2) is 0 Å². The minimum absolute atomic E-state index is 0.190. The fraction of sp³-hybridized carbons (Fsp3) is 0.727. The smallest absolute Gasteiger partial charge is 0.332 e. The first-order valence-corrected chi connectivity index (χ1v) is 7.62. The van der Waals surface area contributed by atoms with Crippen molar-refractivity contribution in [1.82, 2.24) is 4.90 Å². The van der Waals surface area contributed by atoms with Gasteiger partial charge in [0.2, 0.25) is 5.91 Å². The number of amides is 1. The minimum atomic E-state index is -0.706. The summed E-state index contributed by atoms with van der Waals surface area (Å²) in [5.41, 5.74) is 0. The highest BCUT2D eigenvalue weighted by atomic mass is 31.1. The lowest BCUT2D eigenvalue weighted by atomic mass is 10.1. The maximum atomic E-state index is 11.9. The molecule has 1 saturated heterocycles. The summed E-state index contributed by atoms with van der Waals surface area (Å²) < 4.78 is 4.71. The number of aliphatic hydroxyl groups excluding tert-OH is 1. The molecule has 1 fully saturated rings. The highest BCUT2D eigenvalue weighted by Crippen LogP contribution is 2.25. The number of hydrogen-bond acceptors (Lipinski definition) is 4. The van der Waals surface area contributed by atoms with E-state index in [9.17, 15) is 14.7 Å². The van der Waals surface area contributed by atoms with Gasteiger partial charge in [-0.15, -0.1) is 0 Å². The van der Waals surface area contributed by atoms with Crippen LogP contribution in [0.3, 0.4) is 0 Å². The van der Waals surface area contributed by atoms with Crippen LogP contribution in [-0.4, -0.2) is 66.8 Å². The fourth-order valence-electron chi connectivity index (χ4n) is 1.89. The molecule has 1 aliphatic rings. The van der Waals surface area contributed by atoms with Crippen molar-refractivity contribution in [3.05, 3.63) is 0 Å². The third kappa shape index (κ3) is 3.05. The standard InChI is InChI=1S/C11H19NO4P/c1-7-9(13)5-12(10(7)14)8(6-17(3)4)11(15)16-2/h7-9,13H,3,5-6H2,1-2,4H3/q+1. The number of esters is 1. The molecule has 4 atom stereocenters. The van der Waals surface area contributed by atoms with Crippen LogP contribution in [0.4, 0.5) is 0 Å². The van der Waals surface area contributed by atoms with Crippen molar-refractivity contribution in [2.75, 3.05) is 26.5 Å². The number of ether oxygens (including phenoxy) is 1. The zero-order valence-electron chi connectivity index (χ0n) is 10.4. The Kier molecular flexibility index (Phi) is 4.66. The summed E-state index contributed by atoms with van der Waals surface area (Å²) in [6, 6.07) is -0.610. The molecule has 6 heteroatoms. The second-order valence-electron chi connectivity index (χ2n) is 4.42. The van der Waals surface area contributed by atoms with Gasteiger partial charge in [-0.3, -0.25) is 4.79 Å². The van der Waals surface area contributed by atoms with Gasteiger partial charge in [-0.1, -0.05) is 6.92 Å². The lowest BCUT2D eigenvalue weighted by Gasteiger charge is -2.23. The van der Waals surface area contributed by atoms with E-state index in [-0.39, 0.29) is 12.5 Å². The monoisotopic (exact) mass is 260 g/mol. The molecular weight excluding hydrogens is 241 g/mol. The van der Waals surface area contributed by atoms with E-state index >= 15 is 0 Å². The molecule has 0 spiro atoms. The Labute approximate surface area is 102 Å². The maximum absolute atomic E-state index is 11.9. The summed E-state index contributed by atoms with van der Waals surface area (Å²) in [4.78, 5) is 25.0. The number of methoxy groups -OCH3 is 1.